The standard InChI is InChI=1S/C10H8ClNO5S/c11-6-3-1-2-5-4-7-9(8(5)6)12(10(13)14)18(15,16)17-7/h1-3,7,9H,4H2,(H,13,14)/t7-,9-/m0/s1. The number of amides is 1. The molecule has 96 valence electrons. The van der Waals surface area contributed by atoms with Gasteiger partial charge in [0.15, 0.2) is 0 Å². The van der Waals surface area contributed by atoms with Crippen LogP contribution in [0.15, 0.2) is 18.2 Å². The van der Waals surface area contributed by atoms with Gasteiger partial charge in [0.1, 0.15) is 12.1 Å². The molecule has 1 N–H and O–H groups in total. The molecular weight excluding hydrogens is 282 g/mol. The maximum absolute atomic E-state index is 11.6. The highest BCUT2D eigenvalue weighted by Crippen LogP contribution is 2.47. The molecule has 1 aliphatic heterocycles. The Bertz CT molecular complexity index is 644. The summed E-state index contributed by atoms with van der Waals surface area (Å²) in [7, 11) is -4.23. The maximum Gasteiger partial charge on any atom is 0.423 e. The predicted molar refractivity (Wildman–Crippen MR) is 61.6 cm³/mol. The highest BCUT2D eigenvalue weighted by atomic mass is 35.5. The van der Waals surface area contributed by atoms with Crippen LogP contribution in [0, 0.1) is 0 Å². The van der Waals surface area contributed by atoms with E-state index in [0.717, 1.165) is 5.56 Å². The fourth-order valence-electron chi connectivity index (χ4n) is 2.52. The van der Waals surface area contributed by atoms with E-state index < -0.39 is 28.5 Å². The van der Waals surface area contributed by atoms with E-state index in [1.54, 1.807) is 18.2 Å². The van der Waals surface area contributed by atoms with Gasteiger partial charge < -0.3 is 5.11 Å². The van der Waals surface area contributed by atoms with E-state index in [1.165, 1.54) is 0 Å². The van der Waals surface area contributed by atoms with Gasteiger partial charge in [-0.1, -0.05) is 23.7 Å². The molecule has 0 radical (unpaired) electrons. The Morgan fingerprint density at radius 3 is 2.89 bits per heavy atom. The summed E-state index contributed by atoms with van der Waals surface area (Å²) in [5.74, 6) is 0. The molecular formula is C10H8ClNO5S. The van der Waals surface area contributed by atoms with Crippen molar-refractivity contribution in [2.75, 3.05) is 0 Å². The largest absolute Gasteiger partial charge is 0.464 e. The van der Waals surface area contributed by atoms with Crippen molar-refractivity contribution < 1.29 is 22.5 Å². The van der Waals surface area contributed by atoms with Crippen LogP contribution in [0.1, 0.15) is 17.2 Å². The zero-order valence-corrected chi connectivity index (χ0v) is 10.5. The fraction of sp³-hybridized carbons (Fsp3) is 0.300. The van der Waals surface area contributed by atoms with Crippen molar-refractivity contribution in [3.05, 3.63) is 34.3 Å². The first kappa shape index (κ1) is 11.8. The Labute approximate surface area is 108 Å². The van der Waals surface area contributed by atoms with Crippen LogP contribution in [-0.2, 0) is 20.9 Å². The number of hydrogen-bond acceptors (Lipinski definition) is 4. The van der Waals surface area contributed by atoms with E-state index in [4.69, 9.17) is 20.9 Å². The second-order valence-corrected chi connectivity index (χ2v) is 5.98. The highest BCUT2D eigenvalue weighted by molar-refractivity contribution is 7.85. The molecule has 2 aliphatic rings. The minimum absolute atomic E-state index is 0.337. The number of fused-ring (bicyclic) bond motifs is 3. The van der Waals surface area contributed by atoms with E-state index >= 15 is 0 Å². The number of carboxylic acid groups (broad SMARTS) is 1. The summed E-state index contributed by atoms with van der Waals surface area (Å²) in [6, 6.07) is 4.25. The number of nitrogens with zero attached hydrogens (tertiary/aromatic N) is 1. The molecule has 18 heavy (non-hydrogen) atoms. The van der Waals surface area contributed by atoms with Gasteiger partial charge in [0.2, 0.25) is 0 Å². The summed E-state index contributed by atoms with van der Waals surface area (Å²) in [5, 5.41) is 9.39. The molecule has 1 aliphatic carbocycles. The molecule has 8 heteroatoms. The third-order valence-corrected chi connectivity index (χ3v) is 4.82. The first-order valence-electron chi connectivity index (χ1n) is 5.14. The fourth-order valence-corrected chi connectivity index (χ4v) is 4.11. The van der Waals surface area contributed by atoms with Gasteiger partial charge in [-0.25, -0.2) is 8.98 Å². The van der Waals surface area contributed by atoms with Crippen LogP contribution < -0.4 is 0 Å². The lowest BCUT2D eigenvalue weighted by atomic mass is 10.1. The third kappa shape index (κ3) is 1.44. The number of hydrogen-bond donors (Lipinski definition) is 1. The minimum atomic E-state index is -4.23. The normalized spacial score (nSPS) is 27.9. The summed E-state index contributed by atoms with van der Waals surface area (Å²) in [6.45, 7) is 0. The molecule has 0 saturated carbocycles. The molecule has 0 bridgehead atoms. The summed E-state index contributed by atoms with van der Waals surface area (Å²) in [4.78, 5) is 11.1. The lowest BCUT2D eigenvalue weighted by Crippen LogP contribution is -2.33. The molecule has 2 atom stereocenters. The second kappa shape index (κ2) is 3.59. The van der Waals surface area contributed by atoms with Crippen molar-refractivity contribution in [1.29, 1.82) is 0 Å². The van der Waals surface area contributed by atoms with Crippen LogP contribution in [0.4, 0.5) is 4.79 Å². The Morgan fingerprint density at radius 1 is 1.50 bits per heavy atom. The van der Waals surface area contributed by atoms with Crippen LogP contribution in [0.25, 0.3) is 0 Å². The number of rotatable bonds is 0. The molecule has 1 fully saturated rings. The third-order valence-electron chi connectivity index (χ3n) is 3.14. The first-order chi connectivity index (χ1) is 8.42. The van der Waals surface area contributed by atoms with Crippen molar-refractivity contribution >= 4 is 28.0 Å². The second-order valence-electron chi connectivity index (χ2n) is 4.13. The summed E-state index contributed by atoms with van der Waals surface area (Å²) >= 11 is 6.03. The van der Waals surface area contributed by atoms with Gasteiger partial charge in [-0.3, -0.25) is 0 Å². The van der Waals surface area contributed by atoms with Crippen LogP contribution in [0.3, 0.4) is 0 Å². The van der Waals surface area contributed by atoms with Crippen molar-refractivity contribution in [1.82, 2.24) is 4.31 Å². The van der Waals surface area contributed by atoms with Crippen LogP contribution in [0.2, 0.25) is 5.02 Å². The summed E-state index contributed by atoms with van der Waals surface area (Å²) in [6.07, 6.45) is -1.94. The molecule has 1 aromatic rings. The Hall–Kier alpha value is -1.31. The zero-order chi connectivity index (χ0) is 13.1. The lowest BCUT2D eigenvalue weighted by Gasteiger charge is -2.18. The number of carbonyl (C=O) groups is 1. The lowest BCUT2D eigenvalue weighted by molar-refractivity contribution is 0.156. The van der Waals surface area contributed by atoms with Crippen LogP contribution in [-0.4, -0.2) is 30.0 Å². The predicted octanol–water partition coefficient (Wildman–Crippen LogP) is 1.56. The van der Waals surface area contributed by atoms with Gasteiger partial charge in [0.05, 0.1) is 0 Å². The van der Waals surface area contributed by atoms with E-state index in [-0.39, 0.29) is 0 Å². The summed E-state index contributed by atoms with van der Waals surface area (Å²) in [5.41, 5.74) is 1.34. The molecule has 1 amide bonds. The topological polar surface area (TPSA) is 83.9 Å². The van der Waals surface area contributed by atoms with Gasteiger partial charge in [0.25, 0.3) is 0 Å². The molecule has 3 rings (SSSR count). The molecule has 0 aromatic heterocycles. The maximum atomic E-state index is 11.6. The van der Waals surface area contributed by atoms with Crippen molar-refractivity contribution in [2.45, 2.75) is 18.6 Å². The summed E-state index contributed by atoms with van der Waals surface area (Å²) < 4.78 is 28.4. The van der Waals surface area contributed by atoms with Gasteiger partial charge in [0, 0.05) is 17.0 Å². The average Bonchev–Trinajstić information content (AvgIpc) is 2.67. The molecule has 1 aromatic carbocycles. The Morgan fingerprint density at radius 2 is 2.22 bits per heavy atom. The van der Waals surface area contributed by atoms with E-state index in [9.17, 15) is 13.2 Å². The van der Waals surface area contributed by atoms with E-state index in [0.29, 0.717) is 21.3 Å². The zero-order valence-electron chi connectivity index (χ0n) is 8.91. The minimum Gasteiger partial charge on any atom is -0.464 e. The highest BCUT2D eigenvalue weighted by Gasteiger charge is 2.54. The molecule has 0 spiro atoms. The smallest absolute Gasteiger partial charge is 0.423 e. The quantitative estimate of drug-likeness (QED) is 0.783. The molecule has 6 nitrogen and oxygen atoms in total. The van der Waals surface area contributed by atoms with Gasteiger partial charge >= 0.3 is 16.4 Å². The molecule has 1 heterocycles. The van der Waals surface area contributed by atoms with E-state index in [1.807, 2.05) is 0 Å². The Balaban J connectivity index is 2.19. The number of halogens is 1. The Kier molecular flexibility index (Phi) is 2.35. The van der Waals surface area contributed by atoms with Crippen molar-refractivity contribution in [3.63, 3.8) is 0 Å². The van der Waals surface area contributed by atoms with E-state index in [2.05, 4.69) is 0 Å². The SMILES string of the molecule is O=C(O)N1[C@@H]2c3c(Cl)cccc3C[C@@H]2OS1(=O)=O. The number of benzene rings is 1. The first-order valence-corrected chi connectivity index (χ1v) is 6.89. The van der Waals surface area contributed by atoms with Crippen molar-refractivity contribution in [3.8, 4) is 0 Å². The van der Waals surface area contributed by atoms with Gasteiger partial charge in [-0.05, 0) is 11.6 Å². The molecule has 0 unspecified atom stereocenters. The average molecular weight is 290 g/mol. The monoisotopic (exact) mass is 289 g/mol. The van der Waals surface area contributed by atoms with Crippen LogP contribution >= 0.6 is 11.6 Å². The van der Waals surface area contributed by atoms with Gasteiger partial charge in [-0.15, -0.1) is 0 Å². The van der Waals surface area contributed by atoms with Crippen LogP contribution in [0.5, 0.6) is 0 Å². The van der Waals surface area contributed by atoms with Gasteiger partial charge in [-0.2, -0.15) is 12.7 Å². The molecule has 1 saturated heterocycles. The van der Waals surface area contributed by atoms with Crippen molar-refractivity contribution in [2.24, 2.45) is 0 Å².